The molecule has 2 aliphatic heterocycles. The first kappa shape index (κ1) is 38.5. The minimum Gasteiger partial charge on any atom is -0.310 e. The fourth-order valence-electron chi connectivity index (χ4n) is 10.6. The molecule has 0 radical (unpaired) electrons. The largest absolute Gasteiger partial charge is 0.310 e. The molecular weight excluding hydrogens is 787 g/mol. The van der Waals surface area contributed by atoms with Crippen LogP contribution < -0.4 is 4.90 Å². The van der Waals surface area contributed by atoms with E-state index in [1.165, 1.54) is 67.0 Å². The lowest BCUT2D eigenvalue weighted by atomic mass is 9.64. The first-order valence-electron chi connectivity index (χ1n) is 22.6. The molecule has 3 nitrogen and oxygen atoms in total. The molecule has 0 fully saturated rings. The number of nitrogens with zero attached hydrogens (tertiary/aromatic N) is 3. The van der Waals surface area contributed by atoms with Crippen LogP contribution in [-0.2, 0) is 5.41 Å². The summed E-state index contributed by atoms with van der Waals surface area (Å²) in [6, 6.07) is 83.7. The molecule has 308 valence electrons. The molecule has 12 rings (SSSR count). The van der Waals surface area contributed by atoms with E-state index in [0.717, 1.165) is 58.0 Å². The van der Waals surface area contributed by atoms with Crippen molar-refractivity contribution in [3.05, 3.63) is 275 Å². The van der Waals surface area contributed by atoms with Gasteiger partial charge in [-0.2, -0.15) is 0 Å². The van der Waals surface area contributed by atoms with Crippen molar-refractivity contribution in [1.82, 2.24) is 0 Å². The summed E-state index contributed by atoms with van der Waals surface area (Å²) in [4.78, 5) is 13.3. The highest BCUT2D eigenvalue weighted by molar-refractivity contribution is 6.14. The highest BCUT2D eigenvalue weighted by Gasteiger charge is 2.51. The average Bonchev–Trinajstić information content (AvgIpc) is 3.66. The van der Waals surface area contributed by atoms with Crippen LogP contribution in [0.2, 0.25) is 0 Å². The van der Waals surface area contributed by atoms with Crippen LogP contribution in [0, 0.1) is 0 Å². The van der Waals surface area contributed by atoms with E-state index in [-0.39, 0.29) is 0 Å². The summed E-state index contributed by atoms with van der Waals surface area (Å²) >= 11 is 0. The molecule has 2 heterocycles. The normalized spacial score (nSPS) is 14.6. The highest BCUT2D eigenvalue weighted by Crippen LogP contribution is 2.63. The first-order valence-corrected chi connectivity index (χ1v) is 22.6. The van der Waals surface area contributed by atoms with Crippen LogP contribution in [0.1, 0.15) is 58.7 Å². The summed E-state index contributed by atoms with van der Waals surface area (Å²) in [7, 11) is 0. The maximum absolute atomic E-state index is 5.46. The van der Waals surface area contributed by atoms with Crippen LogP contribution in [0.25, 0.3) is 39.1 Å². The van der Waals surface area contributed by atoms with Crippen LogP contribution in [0.3, 0.4) is 0 Å². The second-order valence-electron chi connectivity index (χ2n) is 17.3. The fourth-order valence-corrected chi connectivity index (χ4v) is 10.6. The number of hydrogen-bond donors (Lipinski definition) is 0. The van der Waals surface area contributed by atoms with Gasteiger partial charge in [-0.1, -0.05) is 188 Å². The zero-order valence-corrected chi connectivity index (χ0v) is 36.2. The molecule has 1 spiro atoms. The van der Waals surface area contributed by atoms with Crippen molar-refractivity contribution < 1.29 is 0 Å². The van der Waals surface area contributed by atoms with Gasteiger partial charge in [-0.25, -0.2) is 9.98 Å². The van der Waals surface area contributed by atoms with Gasteiger partial charge in [0.2, 0.25) is 0 Å². The molecule has 0 unspecified atom stereocenters. The molecule has 0 amide bonds. The number of hydrogen-bond acceptors (Lipinski definition) is 3. The first-order chi connectivity index (χ1) is 32.1. The molecule has 0 bridgehead atoms. The van der Waals surface area contributed by atoms with Crippen LogP contribution in [0.4, 0.5) is 17.1 Å². The van der Waals surface area contributed by atoms with E-state index >= 15 is 0 Å². The van der Waals surface area contributed by atoms with Gasteiger partial charge in [0.1, 0.15) is 0 Å². The van der Waals surface area contributed by atoms with Gasteiger partial charge in [0.25, 0.3) is 0 Å². The Labute approximate surface area is 381 Å². The van der Waals surface area contributed by atoms with Crippen molar-refractivity contribution in [2.45, 2.75) is 25.2 Å². The molecular formula is C62H45N3. The van der Waals surface area contributed by atoms with Crippen molar-refractivity contribution in [1.29, 1.82) is 0 Å². The molecule has 0 saturated carbocycles. The summed E-state index contributed by atoms with van der Waals surface area (Å²) in [6.07, 6.45) is 1.63. The van der Waals surface area contributed by atoms with E-state index in [9.17, 15) is 0 Å². The number of aliphatic imine (C=N–C) groups is 2. The summed E-state index contributed by atoms with van der Waals surface area (Å²) < 4.78 is 0. The Morgan fingerprint density at radius 3 is 1.58 bits per heavy atom. The zero-order valence-electron chi connectivity index (χ0n) is 36.2. The standard InChI is InChI=1S/C62H45N3/c1-42-35-38-57(63-61(44-21-7-3-8-22-44)64-60(42)49-26-18-23-45(40-49)43-19-5-2-6-20-43)48-25-17-24-46(39-48)47-36-37-52-51-29-11-12-30-53(51)62(56(52)41-47)54-31-13-15-33-58(54)65(50-27-9-4-10-28-50)59-34-16-14-32-55(59)62/h2-34,36-37,39-41H,35,38H2,1H3. The maximum Gasteiger partial charge on any atom is 0.160 e. The van der Waals surface area contributed by atoms with Crippen LogP contribution >= 0.6 is 0 Å². The van der Waals surface area contributed by atoms with Gasteiger partial charge in [-0.05, 0) is 129 Å². The number of benzene rings is 9. The maximum atomic E-state index is 5.46. The average molecular weight is 832 g/mol. The number of anilines is 3. The molecule has 65 heavy (non-hydrogen) atoms. The van der Waals surface area contributed by atoms with Crippen molar-refractivity contribution in [2.75, 3.05) is 4.90 Å². The number of allylic oxidation sites excluding steroid dienone is 1. The van der Waals surface area contributed by atoms with Gasteiger partial charge in [-0.3, -0.25) is 0 Å². The van der Waals surface area contributed by atoms with Crippen molar-refractivity contribution in [3.8, 4) is 33.4 Å². The Bertz CT molecular complexity index is 3330. The third kappa shape index (κ3) is 6.42. The Kier molecular flexibility index (Phi) is 9.42. The van der Waals surface area contributed by atoms with Gasteiger partial charge in [-0.15, -0.1) is 0 Å². The smallest absolute Gasteiger partial charge is 0.160 e. The van der Waals surface area contributed by atoms with Gasteiger partial charge in [0.05, 0.1) is 28.2 Å². The van der Waals surface area contributed by atoms with E-state index in [2.05, 4.69) is 242 Å². The van der Waals surface area contributed by atoms with E-state index < -0.39 is 5.41 Å². The molecule has 1 aliphatic carbocycles. The third-order valence-electron chi connectivity index (χ3n) is 13.6. The molecule has 9 aromatic rings. The topological polar surface area (TPSA) is 28.0 Å². The van der Waals surface area contributed by atoms with E-state index in [4.69, 9.17) is 9.98 Å². The number of rotatable bonds is 6. The molecule has 0 atom stereocenters. The lowest BCUT2D eigenvalue weighted by molar-refractivity contribution is 0.753. The SMILES string of the molecule is CC1=C(c2cccc(-c3ccccc3)c2)N=C(c2ccccc2)N=C(c2cccc(-c3ccc4c(c3)C3(c5ccccc5-4)c4ccccc4N(c4ccccc4)c4ccccc43)c2)CC1. The summed E-state index contributed by atoms with van der Waals surface area (Å²) in [5.41, 5.74) is 22.0. The lowest BCUT2D eigenvalue weighted by Gasteiger charge is -2.45. The number of para-hydroxylation sites is 3. The predicted molar refractivity (Wildman–Crippen MR) is 271 cm³/mol. The quantitative estimate of drug-likeness (QED) is 0.164. The van der Waals surface area contributed by atoms with Crippen LogP contribution in [0.5, 0.6) is 0 Å². The Morgan fingerprint density at radius 2 is 0.877 bits per heavy atom. The third-order valence-corrected chi connectivity index (χ3v) is 13.6. The molecule has 3 heteroatoms. The summed E-state index contributed by atoms with van der Waals surface area (Å²) in [6.45, 7) is 2.23. The molecule has 3 aliphatic rings. The van der Waals surface area contributed by atoms with Crippen LogP contribution in [0.15, 0.2) is 246 Å². The zero-order chi connectivity index (χ0) is 43.3. The molecule has 9 aromatic carbocycles. The van der Waals surface area contributed by atoms with E-state index in [0.29, 0.717) is 0 Å². The van der Waals surface area contributed by atoms with Gasteiger partial charge in [0, 0.05) is 16.8 Å². The Hall–Kier alpha value is -8.14. The van der Waals surface area contributed by atoms with Gasteiger partial charge >= 0.3 is 0 Å². The van der Waals surface area contributed by atoms with Gasteiger partial charge in [0.15, 0.2) is 5.84 Å². The molecule has 0 saturated heterocycles. The van der Waals surface area contributed by atoms with Crippen LogP contribution in [-0.4, -0.2) is 11.5 Å². The minimum atomic E-state index is -0.523. The minimum absolute atomic E-state index is 0.523. The molecule has 0 N–H and O–H groups in total. The Morgan fingerprint density at radius 1 is 0.369 bits per heavy atom. The monoisotopic (exact) mass is 831 g/mol. The van der Waals surface area contributed by atoms with E-state index in [1.54, 1.807) is 0 Å². The number of fused-ring (bicyclic) bond motifs is 9. The highest BCUT2D eigenvalue weighted by atomic mass is 15.2. The Balaban J connectivity index is 0.985. The van der Waals surface area contributed by atoms with Crippen molar-refractivity contribution in [3.63, 3.8) is 0 Å². The second-order valence-corrected chi connectivity index (χ2v) is 17.3. The van der Waals surface area contributed by atoms with Crippen molar-refractivity contribution >= 4 is 34.3 Å². The fraction of sp³-hybridized carbons (Fsp3) is 0.0645. The van der Waals surface area contributed by atoms with Gasteiger partial charge < -0.3 is 4.90 Å². The molecule has 0 aromatic heterocycles. The number of amidine groups is 1. The van der Waals surface area contributed by atoms with E-state index in [1.807, 2.05) is 0 Å². The second kappa shape index (κ2) is 15.9. The predicted octanol–water partition coefficient (Wildman–Crippen LogP) is 15.6. The lowest BCUT2D eigenvalue weighted by Crippen LogP contribution is -2.36. The summed E-state index contributed by atoms with van der Waals surface area (Å²) in [5, 5.41) is 0. The van der Waals surface area contributed by atoms with Crippen molar-refractivity contribution in [2.24, 2.45) is 9.98 Å². The summed E-state index contributed by atoms with van der Waals surface area (Å²) in [5.74, 6) is 0.724.